The van der Waals surface area contributed by atoms with Crippen LogP contribution in [0.2, 0.25) is 5.02 Å². The fourth-order valence-corrected chi connectivity index (χ4v) is 2.22. The maximum atomic E-state index is 11.8. The molecule has 0 unspecified atom stereocenters. The summed E-state index contributed by atoms with van der Waals surface area (Å²) < 4.78 is 7.08. The number of nitrogens with zero attached hydrogens (tertiary/aromatic N) is 3. The zero-order chi connectivity index (χ0) is 16.1. The van der Waals surface area contributed by atoms with Crippen LogP contribution >= 0.6 is 11.6 Å². The molecule has 0 radical (unpaired) electrons. The van der Waals surface area contributed by atoms with Crippen molar-refractivity contribution in [2.24, 2.45) is 0 Å². The van der Waals surface area contributed by atoms with Crippen LogP contribution in [0.1, 0.15) is 5.56 Å². The number of hydrogen-bond acceptors (Lipinski definition) is 4. The molecule has 6 nitrogen and oxygen atoms in total. The highest BCUT2D eigenvalue weighted by molar-refractivity contribution is 6.30. The van der Waals surface area contributed by atoms with Crippen LogP contribution in [0, 0.1) is 0 Å². The molecule has 0 atom stereocenters. The first-order valence-electron chi connectivity index (χ1n) is 7.16. The lowest BCUT2D eigenvalue weighted by atomic mass is 10.1. The van der Waals surface area contributed by atoms with Gasteiger partial charge in [-0.25, -0.2) is 0 Å². The molecule has 0 bridgehead atoms. The van der Waals surface area contributed by atoms with E-state index in [1.54, 1.807) is 10.6 Å². The monoisotopic (exact) mass is 330 g/mol. The summed E-state index contributed by atoms with van der Waals surface area (Å²) in [6, 6.07) is 13.4. The van der Waals surface area contributed by atoms with Crippen molar-refractivity contribution in [2.75, 3.05) is 13.2 Å². The smallest absolute Gasteiger partial charge is 0.322 e. The van der Waals surface area contributed by atoms with E-state index in [0.717, 1.165) is 12.0 Å². The van der Waals surface area contributed by atoms with Crippen molar-refractivity contribution < 1.29 is 9.53 Å². The van der Waals surface area contributed by atoms with Crippen LogP contribution in [-0.2, 0) is 11.2 Å². The molecule has 1 aromatic carbocycles. The quantitative estimate of drug-likeness (QED) is 0.751. The first-order valence-corrected chi connectivity index (χ1v) is 7.54. The molecule has 0 fully saturated rings. The van der Waals surface area contributed by atoms with E-state index >= 15 is 0 Å². The summed E-state index contributed by atoms with van der Waals surface area (Å²) in [6.07, 6.45) is 2.51. The average molecular weight is 331 g/mol. The Morgan fingerprint density at radius 3 is 2.83 bits per heavy atom. The molecule has 1 N–H and O–H groups in total. The van der Waals surface area contributed by atoms with Crippen molar-refractivity contribution in [3.63, 3.8) is 0 Å². The largest absolute Gasteiger partial charge is 0.453 e. The lowest BCUT2D eigenvalue weighted by molar-refractivity contribution is -0.123. The first kappa shape index (κ1) is 15.3. The van der Waals surface area contributed by atoms with E-state index in [1.165, 1.54) is 0 Å². The molecular formula is C16H15ClN4O2. The Bertz CT molecular complexity index is 801. The number of hydrogen-bond donors (Lipinski definition) is 1. The number of amides is 1. The van der Waals surface area contributed by atoms with Gasteiger partial charge in [-0.1, -0.05) is 34.9 Å². The molecule has 0 saturated carbocycles. The number of fused-ring (bicyclic) bond motifs is 1. The molecule has 1 amide bonds. The molecule has 3 rings (SSSR count). The molecule has 0 aliphatic carbocycles. The predicted molar refractivity (Wildman–Crippen MR) is 86.6 cm³/mol. The van der Waals surface area contributed by atoms with Gasteiger partial charge in [-0.3, -0.25) is 9.20 Å². The number of carbonyl (C=O) groups is 1. The number of halogens is 1. The fourth-order valence-electron chi connectivity index (χ4n) is 2.10. The Balaban J connectivity index is 1.45. The SMILES string of the molecule is O=C(COc1nnc2ccccn12)NCCc1ccc(Cl)cc1. The minimum atomic E-state index is -0.202. The second-order valence-corrected chi connectivity index (χ2v) is 5.36. The van der Waals surface area contributed by atoms with Crippen molar-refractivity contribution in [3.8, 4) is 6.01 Å². The first-order chi connectivity index (χ1) is 11.2. The normalized spacial score (nSPS) is 10.7. The van der Waals surface area contributed by atoms with Crippen LogP contribution in [0.15, 0.2) is 48.7 Å². The highest BCUT2D eigenvalue weighted by Crippen LogP contribution is 2.10. The lowest BCUT2D eigenvalue weighted by Crippen LogP contribution is -2.30. The summed E-state index contributed by atoms with van der Waals surface area (Å²) in [5.41, 5.74) is 1.78. The minimum absolute atomic E-state index is 0.101. The van der Waals surface area contributed by atoms with E-state index in [-0.39, 0.29) is 12.5 Å². The number of nitrogens with one attached hydrogen (secondary N) is 1. The molecular weight excluding hydrogens is 316 g/mol. The van der Waals surface area contributed by atoms with Gasteiger partial charge < -0.3 is 10.1 Å². The van der Waals surface area contributed by atoms with Gasteiger partial charge in [0, 0.05) is 17.8 Å². The number of pyridine rings is 1. The van der Waals surface area contributed by atoms with Crippen LogP contribution in [0.3, 0.4) is 0 Å². The van der Waals surface area contributed by atoms with Crippen LogP contribution < -0.4 is 10.1 Å². The van der Waals surface area contributed by atoms with Gasteiger partial charge in [0.25, 0.3) is 5.91 Å². The van der Waals surface area contributed by atoms with E-state index in [0.29, 0.717) is 23.2 Å². The Morgan fingerprint density at radius 2 is 2.00 bits per heavy atom. The van der Waals surface area contributed by atoms with Crippen molar-refractivity contribution in [1.82, 2.24) is 19.9 Å². The molecule has 0 saturated heterocycles. The Morgan fingerprint density at radius 1 is 1.17 bits per heavy atom. The molecule has 118 valence electrons. The summed E-state index contributed by atoms with van der Waals surface area (Å²) in [4.78, 5) is 11.8. The van der Waals surface area contributed by atoms with Crippen molar-refractivity contribution in [1.29, 1.82) is 0 Å². The molecule has 0 aliphatic rings. The number of aromatic nitrogens is 3. The van der Waals surface area contributed by atoms with Crippen LogP contribution in [0.25, 0.3) is 5.65 Å². The van der Waals surface area contributed by atoms with Gasteiger partial charge in [-0.15, -0.1) is 5.10 Å². The standard InChI is InChI=1S/C16H15ClN4O2/c17-13-6-4-12(5-7-13)8-9-18-15(22)11-23-16-20-19-14-3-1-2-10-21(14)16/h1-7,10H,8-9,11H2,(H,18,22). The van der Waals surface area contributed by atoms with Crippen molar-refractivity contribution in [3.05, 3.63) is 59.2 Å². The summed E-state index contributed by atoms with van der Waals surface area (Å²) >= 11 is 5.83. The van der Waals surface area contributed by atoms with Crippen LogP contribution in [-0.4, -0.2) is 33.7 Å². The topological polar surface area (TPSA) is 68.5 Å². The molecule has 23 heavy (non-hydrogen) atoms. The second-order valence-electron chi connectivity index (χ2n) is 4.93. The summed E-state index contributed by atoms with van der Waals surface area (Å²) in [5.74, 6) is -0.202. The summed E-state index contributed by atoms with van der Waals surface area (Å²) in [7, 11) is 0. The molecule has 2 aromatic heterocycles. The predicted octanol–water partition coefficient (Wildman–Crippen LogP) is 2.12. The Kier molecular flexibility index (Phi) is 4.73. The van der Waals surface area contributed by atoms with Gasteiger partial charge in [-0.05, 0) is 36.2 Å². The Labute approximate surface area is 138 Å². The number of benzene rings is 1. The minimum Gasteiger partial charge on any atom is -0.453 e. The van der Waals surface area contributed by atoms with E-state index in [1.807, 2.05) is 42.5 Å². The van der Waals surface area contributed by atoms with Crippen molar-refractivity contribution in [2.45, 2.75) is 6.42 Å². The summed E-state index contributed by atoms with van der Waals surface area (Å²) in [5, 5.41) is 11.4. The number of ether oxygens (including phenoxy) is 1. The van der Waals surface area contributed by atoms with Gasteiger partial charge in [0.05, 0.1) is 0 Å². The third-order valence-electron chi connectivity index (χ3n) is 3.26. The van der Waals surface area contributed by atoms with Gasteiger partial charge in [0.1, 0.15) is 0 Å². The zero-order valence-electron chi connectivity index (χ0n) is 12.3. The highest BCUT2D eigenvalue weighted by atomic mass is 35.5. The van der Waals surface area contributed by atoms with Crippen LogP contribution in [0.4, 0.5) is 0 Å². The fraction of sp³-hybridized carbons (Fsp3) is 0.188. The second kappa shape index (κ2) is 7.11. The van der Waals surface area contributed by atoms with E-state index in [4.69, 9.17) is 16.3 Å². The maximum Gasteiger partial charge on any atom is 0.322 e. The number of rotatable bonds is 6. The molecule has 0 spiro atoms. The van der Waals surface area contributed by atoms with E-state index in [9.17, 15) is 4.79 Å². The maximum absolute atomic E-state index is 11.8. The lowest BCUT2D eigenvalue weighted by Gasteiger charge is -2.06. The van der Waals surface area contributed by atoms with E-state index < -0.39 is 0 Å². The van der Waals surface area contributed by atoms with Gasteiger partial charge in [-0.2, -0.15) is 0 Å². The van der Waals surface area contributed by atoms with Gasteiger partial charge in [0.2, 0.25) is 0 Å². The van der Waals surface area contributed by atoms with Gasteiger partial charge in [0.15, 0.2) is 12.3 Å². The van der Waals surface area contributed by atoms with E-state index in [2.05, 4.69) is 15.5 Å². The molecule has 3 aromatic rings. The zero-order valence-corrected chi connectivity index (χ0v) is 13.0. The molecule has 0 aliphatic heterocycles. The summed E-state index contributed by atoms with van der Waals surface area (Å²) in [6.45, 7) is 0.431. The molecule has 2 heterocycles. The van der Waals surface area contributed by atoms with Crippen LogP contribution in [0.5, 0.6) is 6.01 Å². The van der Waals surface area contributed by atoms with Crippen molar-refractivity contribution >= 4 is 23.2 Å². The molecule has 7 heteroatoms. The Hall–Kier alpha value is -2.60. The van der Waals surface area contributed by atoms with Gasteiger partial charge >= 0.3 is 6.01 Å². The third-order valence-corrected chi connectivity index (χ3v) is 3.52. The average Bonchev–Trinajstić information content (AvgIpc) is 2.98. The number of carbonyl (C=O) groups excluding carboxylic acids is 1. The highest BCUT2D eigenvalue weighted by Gasteiger charge is 2.08. The third kappa shape index (κ3) is 3.98.